The molecule has 2 aliphatic heterocycles. The summed E-state index contributed by atoms with van der Waals surface area (Å²) in [5.74, 6) is -1.30. The van der Waals surface area contributed by atoms with Gasteiger partial charge in [-0.2, -0.15) is 5.10 Å². The average molecular weight is 440 g/mol. The van der Waals surface area contributed by atoms with Crippen molar-refractivity contribution < 1.29 is 23.4 Å². The molecule has 0 spiro atoms. The number of fused-ring (bicyclic) bond motifs is 1. The van der Waals surface area contributed by atoms with Gasteiger partial charge in [-0.15, -0.1) is 0 Å². The van der Waals surface area contributed by atoms with E-state index < -0.39 is 17.7 Å². The Bertz CT molecular complexity index is 1190. The van der Waals surface area contributed by atoms with Crippen molar-refractivity contribution in [1.82, 2.24) is 15.1 Å². The van der Waals surface area contributed by atoms with Gasteiger partial charge in [0.05, 0.1) is 17.9 Å². The maximum absolute atomic E-state index is 14.4. The number of hydrogen-bond donors (Lipinski definition) is 2. The SMILES string of the molecule is CC1CCc2c(ccc(-c3cnn(C4CNC4)c3)c2Oc2ccc(F)cc2F)N1C(=O)O. The van der Waals surface area contributed by atoms with Crippen LogP contribution in [0.15, 0.2) is 42.7 Å². The number of anilines is 1. The number of halogens is 2. The molecule has 1 unspecified atom stereocenters. The fourth-order valence-corrected chi connectivity index (χ4v) is 4.25. The Labute approximate surface area is 183 Å². The molecule has 1 aromatic heterocycles. The first-order valence-electron chi connectivity index (χ1n) is 10.5. The molecule has 166 valence electrons. The van der Waals surface area contributed by atoms with Crippen LogP contribution in [0.25, 0.3) is 11.1 Å². The van der Waals surface area contributed by atoms with E-state index in [-0.39, 0.29) is 17.8 Å². The quantitative estimate of drug-likeness (QED) is 0.621. The second-order valence-corrected chi connectivity index (χ2v) is 8.18. The van der Waals surface area contributed by atoms with E-state index in [2.05, 4.69) is 10.4 Å². The Morgan fingerprint density at radius 2 is 2.06 bits per heavy atom. The Morgan fingerprint density at radius 1 is 1.25 bits per heavy atom. The van der Waals surface area contributed by atoms with Crippen LogP contribution in [0, 0.1) is 11.6 Å². The minimum Gasteiger partial charge on any atom is -0.465 e. The molecule has 3 heterocycles. The monoisotopic (exact) mass is 440 g/mol. The van der Waals surface area contributed by atoms with Crippen molar-refractivity contribution in [3.63, 3.8) is 0 Å². The Balaban J connectivity index is 1.64. The van der Waals surface area contributed by atoms with Crippen LogP contribution in [0.4, 0.5) is 19.3 Å². The lowest BCUT2D eigenvalue weighted by Crippen LogP contribution is -2.43. The molecule has 0 aliphatic carbocycles. The number of carbonyl (C=O) groups is 1. The van der Waals surface area contributed by atoms with E-state index in [4.69, 9.17) is 4.74 Å². The number of aromatic nitrogens is 2. The molecule has 1 fully saturated rings. The summed E-state index contributed by atoms with van der Waals surface area (Å²) in [6.45, 7) is 3.52. The van der Waals surface area contributed by atoms with Crippen molar-refractivity contribution in [2.75, 3.05) is 18.0 Å². The molecule has 5 rings (SSSR count). The third kappa shape index (κ3) is 3.48. The molecule has 2 aliphatic rings. The van der Waals surface area contributed by atoms with Crippen LogP contribution in [-0.4, -0.2) is 40.1 Å². The Kier molecular flexibility index (Phi) is 5.05. The molecular formula is C23H22F2N4O3. The predicted octanol–water partition coefficient (Wildman–Crippen LogP) is 4.58. The molecule has 0 saturated carbocycles. The first-order valence-corrected chi connectivity index (χ1v) is 10.5. The minimum absolute atomic E-state index is 0.128. The topological polar surface area (TPSA) is 79.6 Å². The van der Waals surface area contributed by atoms with E-state index in [0.717, 1.165) is 30.8 Å². The van der Waals surface area contributed by atoms with E-state index in [0.29, 0.717) is 35.4 Å². The summed E-state index contributed by atoms with van der Waals surface area (Å²) in [5.41, 5.74) is 2.63. The third-order valence-corrected chi connectivity index (χ3v) is 6.11. The third-order valence-electron chi connectivity index (χ3n) is 6.11. The van der Waals surface area contributed by atoms with Gasteiger partial charge in [0.25, 0.3) is 0 Å². The highest BCUT2D eigenvalue weighted by atomic mass is 19.1. The largest absolute Gasteiger partial charge is 0.465 e. The van der Waals surface area contributed by atoms with Crippen molar-refractivity contribution in [1.29, 1.82) is 0 Å². The van der Waals surface area contributed by atoms with Gasteiger partial charge in [-0.1, -0.05) is 0 Å². The number of nitrogens with one attached hydrogen (secondary N) is 1. The first-order chi connectivity index (χ1) is 15.4. The van der Waals surface area contributed by atoms with Crippen molar-refractivity contribution in [2.24, 2.45) is 0 Å². The van der Waals surface area contributed by atoms with Crippen LogP contribution in [0.1, 0.15) is 24.9 Å². The predicted molar refractivity (Wildman–Crippen MR) is 114 cm³/mol. The van der Waals surface area contributed by atoms with Crippen LogP contribution in [0.3, 0.4) is 0 Å². The minimum atomic E-state index is -1.06. The van der Waals surface area contributed by atoms with Crippen LogP contribution in [0.5, 0.6) is 11.5 Å². The molecule has 9 heteroatoms. The number of ether oxygens (including phenoxy) is 1. The Hall–Kier alpha value is -3.46. The highest BCUT2D eigenvalue weighted by Gasteiger charge is 2.32. The summed E-state index contributed by atoms with van der Waals surface area (Å²) in [6, 6.07) is 6.71. The van der Waals surface area contributed by atoms with Crippen LogP contribution < -0.4 is 15.0 Å². The van der Waals surface area contributed by atoms with E-state index in [1.54, 1.807) is 18.3 Å². The van der Waals surface area contributed by atoms with E-state index in [1.807, 2.05) is 17.8 Å². The molecule has 0 radical (unpaired) electrons. The normalized spacial score (nSPS) is 18.2. The number of benzene rings is 2. The average Bonchev–Trinajstić information content (AvgIpc) is 3.17. The summed E-state index contributed by atoms with van der Waals surface area (Å²) in [7, 11) is 0. The molecule has 3 aromatic rings. The van der Waals surface area contributed by atoms with Gasteiger partial charge >= 0.3 is 6.09 Å². The number of nitrogens with zero attached hydrogens (tertiary/aromatic N) is 3. The van der Waals surface area contributed by atoms with E-state index in [9.17, 15) is 18.7 Å². The van der Waals surface area contributed by atoms with Crippen molar-refractivity contribution >= 4 is 11.8 Å². The summed E-state index contributed by atoms with van der Waals surface area (Å²) >= 11 is 0. The maximum atomic E-state index is 14.4. The van der Waals surface area contributed by atoms with Crippen LogP contribution in [-0.2, 0) is 6.42 Å². The molecule has 2 aromatic carbocycles. The number of rotatable bonds is 4. The molecule has 2 N–H and O–H groups in total. The lowest BCUT2D eigenvalue weighted by atomic mass is 9.92. The van der Waals surface area contributed by atoms with Gasteiger partial charge in [-0.3, -0.25) is 9.58 Å². The van der Waals surface area contributed by atoms with Crippen LogP contribution in [0.2, 0.25) is 0 Å². The number of hydrogen-bond acceptors (Lipinski definition) is 4. The smallest absolute Gasteiger partial charge is 0.412 e. The molecule has 0 bridgehead atoms. The molecule has 32 heavy (non-hydrogen) atoms. The summed E-state index contributed by atoms with van der Waals surface area (Å²) < 4.78 is 35.7. The van der Waals surface area contributed by atoms with Crippen molar-refractivity contribution in [3.05, 3.63) is 59.9 Å². The van der Waals surface area contributed by atoms with Crippen molar-refractivity contribution in [2.45, 2.75) is 31.8 Å². The molecular weight excluding hydrogens is 418 g/mol. The zero-order valence-electron chi connectivity index (χ0n) is 17.4. The summed E-state index contributed by atoms with van der Waals surface area (Å²) in [4.78, 5) is 13.2. The Morgan fingerprint density at radius 3 is 2.75 bits per heavy atom. The molecule has 7 nitrogen and oxygen atoms in total. The summed E-state index contributed by atoms with van der Waals surface area (Å²) in [6.07, 6.45) is 3.72. The zero-order valence-corrected chi connectivity index (χ0v) is 17.4. The fourth-order valence-electron chi connectivity index (χ4n) is 4.25. The van der Waals surface area contributed by atoms with Gasteiger partial charge in [-0.05, 0) is 44.0 Å². The van der Waals surface area contributed by atoms with E-state index >= 15 is 0 Å². The van der Waals surface area contributed by atoms with Crippen molar-refractivity contribution in [3.8, 4) is 22.6 Å². The highest BCUT2D eigenvalue weighted by Crippen LogP contribution is 2.45. The highest BCUT2D eigenvalue weighted by molar-refractivity contribution is 5.91. The maximum Gasteiger partial charge on any atom is 0.412 e. The second-order valence-electron chi connectivity index (χ2n) is 8.18. The first kappa shape index (κ1) is 20.4. The van der Waals surface area contributed by atoms with Gasteiger partial charge in [0.2, 0.25) is 0 Å². The number of amides is 1. The fraction of sp³-hybridized carbons (Fsp3) is 0.304. The summed E-state index contributed by atoms with van der Waals surface area (Å²) in [5, 5.41) is 17.4. The van der Waals surface area contributed by atoms with Gasteiger partial charge in [-0.25, -0.2) is 13.6 Å². The zero-order chi connectivity index (χ0) is 22.4. The van der Waals surface area contributed by atoms with Gasteiger partial charge < -0.3 is 15.2 Å². The van der Waals surface area contributed by atoms with Gasteiger partial charge in [0, 0.05) is 48.1 Å². The van der Waals surface area contributed by atoms with Gasteiger partial charge in [0.15, 0.2) is 11.6 Å². The second kappa shape index (κ2) is 7.90. The van der Waals surface area contributed by atoms with E-state index in [1.165, 1.54) is 11.0 Å². The standard InChI is InChI=1S/C23H22F2N4O3/c1-13-2-4-18-20(29(13)23(30)31)6-5-17(14-9-27-28(12-14)16-10-26-11-16)22(18)32-21-7-3-15(24)8-19(21)25/h3,5-9,12-13,16,26H,2,4,10-11H2,1H3,(H,30,31). The lowest BCUT2D eigenvalue weighted by Gasteiger charge is -2.34. The number of carboxylic acid groups (broad SMARTS) is 1. The lowest BCUT2D eigenvalue weighted by molar-refractivity contribution is 0.198. The molecule has 1 saturated heterocycles. The molecule has 1 atom stereocenters. The van der Waals surface area contributed by atoms with Crippen LogP contribution >= 0.6 is 0 Å². The molecule has 1 amide bonds. The van der Waals surface area contributed by atoms with Gasteiger partial charge in [0.1, 0.15) is 11.6 Å².